The number of carbonyl (C=O) groups is 2. The van der Waals surface area contributed by atoms with Crippen LogP contribution in [0.4, 0.5) is 0 Å². The van der Waals surface area contributed by atoms with Crippen molar-refractivity contribution in [2.45, 2.75) is 18.3 Å². The van der Waals surface area contributed by atoms with E-state index in [1.54, 1.807) is 4.90 Å². The van der Waals surface area contributed by atoms with Crippen molar-refractivity contribution >= 4 is 11.8 Å². The summed E-state index contributed by atoms with van der Waals surface area (Å²) >= 11 is 0. The first-order valence-electron chi connectivity index (χ1n) is 10.3. The number of imide groups is 1. The van der Waals surface area contributed by atoms with E-state index in [2.05, 4.69) is 24.3 Å². The lowest BCUT2D eigenvalue weighted by Gasteiger charge is -2.45. The number of hydrogen-bond donors (Lipinski definition) is 0. The lowest BCUT2D eigenvalue weighted by molar-refractivity contribution is -0.139. The summed E-state index contributed by atoms with van der Waals surface area (Å²) in [5.74, 6) is -0.558. The molecule has 1 fully saturated rings. The predicted molar refractivity (Wildman–Crippen MR) is 110 cm³/mol. The van der Waals surface area contributed by atoms with Gasteiger partial charge in [0.05, 0.1) is 11.8 Å². The van der Waals surface area contributed by atoms with Gasteiger partial charge in [0.2, 0.25) is 11.8 Å². The summed E-state index contributed by atoms with van der Waals surface area (Å²) in [4.78, 5) is 28.5. The number of amides is 2. The van der Waals surface area contributed by atoms with Crippen molar-refractivity contribution < 1.29 is 9.59 Å². The summed E-state index contributed by atoms with van der Waals surface area (Å²) in [5, 5.41) is 0. The van der Waals surface area contributed by atoms with Crippen LogP contribution in [0.2, 0.25) is 0 Å². The summed E-state index contributed by atoms with van der Waals surface area (Å²) < 4.78 is 0. The van der Waals surface area contributed by atoms with E-state index >= 15 is 0 Å². The third-order valence-corrected chi connectivity index (χ3v) is 7.01. The minimum atomic E-state index is -0.270. The van der Waals surface area contributed by atoms with E-state index in [9.17, 15) is 9.59 Å². The zero-order valence-corrected chi connectivity index (χ0v) is 16.0. The van der Waals surface area contributed by atoms with Crippen molar-refractivity contribution in [2.75, 3.05) is 6.54 Å². The van der Waals surface area contributed by atoms with Crippen LogP contribution in [0.25, 0.3) is 0 Å². The van der Waals surface area contributed by atoms with Gasteiger partial charge in [-0.1, -0.05) is 78.9 Å². The summed E-state index contributed by atoms with van der Waals surface area (Å²) in [6.45, 7) is 0.459. The fourth-order valence-electron chi connectivity index (χ4n) is 5.85. The van der Waals surface area contributed by atoms with Gasteiger partial charge in [-0.25, -0.2) is 0 Å². The number of likely N-dealkylation sites (tertiary alicyclic amines) is 1. The van der Waals surface area contributed by atoms with E-state index in [1.165, 1.54) is 22.3 Å². The predicted octanol–water partition coefficient (Wildman–Crippen LogP) is 4.12. The van der Waals surface area contributed by atoms with Gasteiger partial charge in [0.1, 0.15) is 0 Å². The van der Waals surface area contributed by atoms with E-state index in [-0.39, 0.29) is 35.5 Å². The number of carbonyl (C=O) groups excluding carboxylic acids is 2. The topological polar surface area (TPSA) is 37.4 Å². The number of hydrogen-bond acceptors (Lipinski definition) is 2. The molecule has 3 aromatic carbocycles. The summed E-state index contributed by atoms with van der Waals surface area (Å²) in [6.07, 6.45) is 0.701. The smallest absolute Gasteiger partial charge is 0.234 e. The summed E-state index contributed by atoms with van der Waals surface area (Å²) in [6, 6.07) is 26.8. The molecule has 1 saturated heterocycles. The van der Waals surface area contributed by atoms with E-state index in [0.717, 1.165) is 5.56 Å². The third kappa shape index (κ3) is 2.24. The lowest BCUT2D eigenvalue weighted by atomic mass is 9.55. The van der Waals surface area contributed by atoms with Crippen LogP contribution in [0.1, 0.15) is 39.7 Å². The molecular weight excluding hydrogens is 358 g/mol. The normalized spacial score (nSPS) is 26.3. The molecule has 0 spiro atoms. The molecule has 1 heterocycles. The monoisotopic (exact) mass is 379 g/mol. The molecule has 3 aliphatic carbocycles. The minimum Gasteiger partial charge on any atom is -0.282 e. The molecule has 2 atom stereocenters. The van der Waals surface area contributed by atoms with E-state index in [4.69, 9.17) is 0 Å². The van der Waals surface area contributed by atoms with Crippen molar-refractivity contribution in [2.24, 2.45) is 11.8 Å². The standard InChI is InChI=1S/C26H21NO2/c28-25-23-21-17-10-4-5-11-18(17)22(20-13-7-6-12-19(20)21)24(23)26(29)27(25)15-14-16-8-2-1-3-9-16/h1-13,21-24H,14-15H2. The Kier molecular flexibility index (Phi) is 3.55. The maximum Gasteiger partial charge on any atom is 0.234 e. The van der Waals surface area contributed by atoms with E-state index < -0.39 is 0 Å². The molecular formula is C26H21NO2. The van der Waals surface area contributed by atoms with Crippen molar-refractivity contribution in [3.05, 3.63) is 107 Å². The molecule has 1 aliphatic heterocycles. The lowest BCUT2D eigenvalue weighted by Crippen LogP contribution is -2.41. The first-order valence-corrected chi connectivity index (χ1v) is 10.3. The third-order valence-electron chi connectivity index (χ3n) is 7.01. The summed E-state index contributed by atoms with van der Waals surface area (Å²) in [5.41, 5.74) is 6.05. The Hall–Kier alpha value is -3.20. The minimum absolute atomic E-state index is 0.00920. The second-order valence-electron chi connectivity index (χ2n) is 8.33. The van der Waals surface area contributed by atoms with Crippen LogP contribution in [0, 0.1) is 11.8 Å². The van der Waals surface area contributed by atoms with Gasteiger partial charge in [0.25, 0.3) is 0 Å². The molecule has 2 unspecified atom stereocenters. The molecule has 4 aliphatic rings. The molecule has 3 heteroatoms. The van der Waals surface area contributed by atoms with E-state index in [0.29, 0.717) is 13.0 Å². The highest BCUT2D eigenvalue weighted by Crippen LogP contribution is 2.60. The molecule has 0 aromatic heterocycles. The molecule has 7 rings (SSSR count). The molecule has 2 amide bonds. The average Bonchev–Trinajstić information content (AvgIpc) is 3.03. The van der Waals surface area contributed by atoms with Crippen LogP contribution in [0.15, 0.2) is 78.9 Å². The van der Waals surface area contributed by atoms with Gasteiger partial charge in [-0.3, -0.25) is 14.5 Å². The Morgan fingerprint density at radius 2 is 1.00 bits per heavy atom. The Morgan fingerprint density at radius 3 is 1.45 bits per heavy atom. The second-order valence-corrected chi connectivity index (χ2v) is 8.33. The van der Waals surface area contributed by atoms with Gasteiger partial charge in [0.15, 0.2) is 0 Å². The largest absolute Gasteiger partial charge is 0.282 e. The molecule has 0 saturated carbocycles. The van der Waals surface area contributed by atoms with Gasteiger partial charge in [-0.15, -0.1) is 0 Å². The van der Waals surface area contributed by atoms with Crippen molar-refractivity contribution in [3.8, 4) is 0 Å². The fraction of sp³-hybridized carbons (Fsp3) is 0.231. The second kappa shape index (κ2) is 6.15. The van der Waals surface area contributed by atoms with Crippen molar-refractivity contribution in [1.29, 1.82) is 0 Å². The van der Waals surface area contributed by atoms with Crippen molar-refractivity contribution in [1.82, 2.24) is 4.90 Å². The summed E-state index contributed by atoms with van der Waals surface area (Å²) in [7, 11) is 0. The SMILES string of the molecule is O=C1C2C3c4ccccc4C(c4ccccc43)C2C(=O)N1CCc1ccccc1. The van der Waals surface area contributed by atoms with Gasteiger partial charge >= 0.3 is 0 Å². The molecule has 142 valence electrons. The molecule has 0 radical (unpaired) electrons. The van der Waals surface area contributed by atoms with Crippen molar-refractivity contribution in [3.63, 3.8) is 0 Å². The van der Waals surface area contributed by atoms with Crippen LogP contribution in [0.5, 0.6) is 0 Å². The fourth-order valence-corrected chi connectivity index (χ4v) is 5.85. The number of benzene rings is 3. The first-order chi connectivity index (χ1) is 14.3. The van der Waals surface area contributed by atoms with Crippen LogP contribution in [0.3, 0.4) is 0 Å². The van der Waals surface area contributed by atoms with Gasteiger partial charge < -0.3 is 0 Å². The highest BCUT2D eigenvalue weighted by Gasteiger charge is 2.61. The zero-order valence-electron chi connectivity index (χ0n) is 16.0. The maximum atomic E-state index is 13.5. The molecule has 3 aromatic rings. The maximum absolute atomic E-state index is 13.5. The van der Waals surface area contributed by atoms with Gasteiger partial charge in [-0.2, -0.15) is 0 Å². The molecule has 3 nitrogen and oxygen atoms in total. The highest BCUT2D eigenvalue weighted by atomic mass is 16.2. The first kappa shape index (κ1) is 16.7. The quantitative estimate of drug-likeness (QED) is 0.642. The van der Waals surface area contributed by atoms with E-state index in [1.807, 2.05) is 54.6 Å². The Labute approximate surface area is 170 Å². The molecule has 0 N–H and O–H groups in total. The Bertz CT molecular complexity index is 1020. The van der Waals surface area contributed by atoms with Crippen LogP contribution in [-0.4, -0.2) is 23.3 Å². The molecule has 29 heavy (non-hydrogen) atoms. The van der Waals surface area contributed by atoms with Gasteiger partial charge in [-0.05, 0) is 34.2 Å². The van der Waals surface area contributed by atoms with Crippen LogP contribution >= 0.6 is 0 Å². The number of nitrogens with zero attached hydrogens (tertiary/aromatic N) is 1. The Balaban J connectivity index is 1.42. The van der Waals surface area contributed by atoms with Crippen LogP contribution < -0.4 is 0 Å². The molecule has 2 bridgehead atoms. The van der Waals surface area contributed by atoms with Crippen LogP contribution in [-0.2, 0) is 16.0 Å². The highest BCUT2D eigenvalue weighted by molar-refractivity contribution is 6.07. The number of rotatable bonds is 3. The zero-order chi connectivity index (χ0) is 19.5. The average molecular weight is 379 g/mol. The van der Waals surface area contributed by atoms with Gasteiger partial charge in [0, 0.05) is 18.4 Å². The Morgan fingerprint density at radius 1 is 0.586 bits per heavy atom.